The molecule has 172 valence electrons. The van der Waals surface area contributed by atoms with Gasteiger partial charge in [-0.1, -0.05) is 52.8 Å². The van der Waals surface area contributed by atoms with E-state index in [1.165, 1.54) is 11.8 Å². The number of aryl methyl sites for hydroxylation is 2. The van der Waals surface area contributed by atoms with Crippen LogP contribution in [0.2, 0.25) is 0 Å². The summed E-state index contributed by atoms with van der Waals surface area (Å²) < 4.78 is 8.95. The van der Waals surface area contributed by atoms with Gasteiger partial charge in [-0.3, -0.25) is 14.2 Å². The monoisotopic (exact) mass is 481 g/mol. The molecule has 2 aromatic carbocycles. The van der Waals surface area contributed by atoms with Crippen LogP contribution in [0.3, 0.4) is 0 Å². The van der Waals surface area contributed by atoms with Gasteiger partial charge in [0.2, 0.25) is 17.5 Å². The third kappa shape index (κ3) is 3.68. The highest BCUT2D eigenvalue weighted by molar-refractivity contribution is 7.98. The highest BCUT2D eigenvalue weighted by Gasteiger charge is 2.20. The van der Waals surface area contributed by atoms with Crippen molar-refractivity contribution in [1.29, 1.82) is 0 Å². The van der Waals surface area contributed by atoms with Gasteiger partial charge < -0.3 is 4.52 Å². The molecule has 0 atom stereocenters. The molecule has 0 amide bonds. The number of hydrogen-bond acceptors (Lipinski definition) is 8. The van der Waals surface area contributed by atoms with Crippen LogP contribution in [-0.2, 0) is 5.75 Å². The zero-order valence-corrected chi connectivity index (χ0v) is 19.7. The second kappa shape index (κ2) is 8.48. The van der Waals surface area contributed by atoms with Crippen molar-refractivity contribution in [1.82, 2.24) is 34.3 Å². The van der Waals surface area contributed by atoms with Crippen LogP contribution in [0.15, 0.2) is 81.3 Å². The Kier molecular flexibility index (Phi) is 5.14. The van der Waals surface area contributed by atoms with Gasteiger partial charge in [0.25, 0.3) is 5.56 Å². The molecule has 9 nitrogen and oxygen atoms in total. The number of nitrogens with zero attached hydrogens (tertiary/aromatic N) is 7. The molecule has 0 saturated heterocycles. The van der Waals surface area contributed by atoms with Crippen molar-refractivity contribution in [2.45, 2.75) is 24.8 Å². The molecule has 6 aromatic rings. The first-order chi connectivity index (χ1) is 17.1. The molecule has 4 aromatic heterocycles. The Bertz CT molecular complexity index is 1760. The van der Waals surface area contributed by atoms with E-state index in [9.17, 15) is 4.79 Å². The van der Waals surface area contributed by atoms with Crippen LogP contribution in [0.1, 0.15) is 17.0 Å². The standard InChI is InChI=1S/C25H19N7O2S/c1-15-10-11-19(16(2)13-15)31-23(33)17-7-3-4-9-20(17)32-24(31)28-29-25(32)35-14-21-27-22(30-34-21)18-8-5-6-12-26-18/h3-13H,14H2,1-2H3. The SMILES string of the molecule is Cc1ccc(-n2c(=O)c3ccccc3n3c(SCc4nc(-c5ccccn5)no4)nnc23)c(C)c1. The van der Waals surface area contributed by atoms with Crippen molar-refractivity contribution in [3.8, 4) is 17.2 Å². The topological polar surface area (TPSA) is 104 Å². The lowest BCUT2D eigenvalue weighted by molar-refractivity contribution is 0.391. The van der Waals surface area contributed by atoms with E-state index in [1.54, 1.807) is 10.8 Å². The fourth-order valence-electron chi connectivity index (χ4n) is 4.08. The van der Waals surface area contributed by atoms with E-state index in [0.29, 0.717) is 39.5 Å². The highest BCUT2D eigenvalue weighted by Crippen LogP contribution is 2.27. The Morgan fingerprint density at radius 2 is 1.86 bits per heavy atom. The molecular formula is C25H19N7O2S. The van der Waals surface area contributed by atoms with Gasteiger partial charge in [-0.2, -0.15) is 4.98 Å². The molecule has 0 radical (unpaired) electrons. The molecule has 0 aliphatic heterocycles. The lowest BCUT2D eigenvalue weighted by atomic mass is 10.1. The largest absolute Gasteiger partial charge is 0.338 e. The van der Waals surface area contributed by atoms with Gasteiger partial charge >= 0.3 is 0 Å². The number of fused-ring (bicyclic) bond motifs is 3. The summed E-state index contributed by atoms with van der Waals surface area (Å²) >= 11 is 1.41. The molecule has 0 unspecified atom stereocenters. The van der Waals surface area contributed by atoms with E-state index in [2.05, 4.69) is 25.3 Å². The fraction of sp³-hybridized carbons (Fsp3) is 0.120. The van der Waals surface area contributed by atoms with Crippen molar-refractivity contribution in [2.24, 2.45) is 0 Å². The lowest BCUT2D eigenvalue weighted by Crippen LogP contribution is -2.22. The molecule has 0 fully saturated rings. The van der Waals surface area contributed by atoms with Crippen LogP contribution in [0, 0.1) is 13.8 Å². The molecule has 0 spiro atoms. The Hall–Kier alpha value is -4.31. The van der Waals surface area contributed by atoms with E-state index >= 15 is 0 Å². The van der Waals surface area contributed by atoms with Crippen molar-refractivity contribution in [3.63, 3.8) is 0 Å². The second-order valence-electron chi connectivity index (χ2n) is 8.08. The van der Waals surface area contributed by atoms with E-state index in [1.807, 2.05) is 78.9 Å². The molecule has 10 heteroatoms. The van der Waals surface area contributed by atoms with Crippen LogP contribution >= 0.6 is 11.8 Å². The van der Waals surface area contributed by atoms with Gasteiger partial charge in [0.15, 0.2) is 5.16 Å². The second-order valence-corrected chi connectivity index (χ2v) is 9.02. The molecule has 6 rings (SSSR count). The maximum atomic E-state index is 13.5. The van der Waals surface area contributed by atoms with Gasteiger partial charge in [0.05, 0.1) is 22.3 Å². The summed E-state index contributed by atoms with van der Waals surface area (Å²) in [5.41, 5.74) is 4.12. The quantitative estimate of drug-likeness (QED) is 0.334. The van der Waals surface area contributed by atoms with E-state index in [0.717, 1.165) is 22.3 Å². The van der Waals surface area contributed by atoms with Crippen LogP contribution in [0.4, 0.5) is 0 Å². The summed E-state index contributed by atoms with van der Waals surface area (Å²) in [6.07, 6.45) is 1.68. The summed E-state index contributed by atoms with van der Waals surface area (Å²) in [5, 5.41) is 14.1. The lowest BCUT2D eigenvalue weighted by Gasteiger charge is -2.13. The highest BCUT2D eigenvalue weighted by atomic mass is 32.2. The third-order valence-electron chi connectivity index (χ3n) is 5.67. The van der Waals surface area contributed by atoms with Gasteiger partial charge in [-0.05, 0) is 49.7 Å². The number of hydrogen-bond donors (Lipinski definition) is 0. The Balaban J connectivity index is 1.45. The molecular weight excluding hydrogens is 462 g/mol. The molecule has 0 saturated carbocycles. The normalized spacial score (nSPS) is 11.5. The molecule has 4 heterocycles. The fourth-order valence-corrected chi connectivity index (χ4v) is 4.86. The number of pyridine rings is 1. The Morgan fingerprint density at radius 1 is 1.00 bits per heavy atom. The summed E-state index contributed by atoms with van der Waals surface area (Å²) in [6.45, 7) is 4.01. The zero-order chi connectivity index (χ0) is 23.9. The van der Waals surface area contributed by atoms with Crippen LogP contribution in [-0.4, -0.2) is 34.3 Å². The molecule has 35 heavy (non-hydrogen) atoms. The van der Waals surface area contributed by atoms with Gasteiger partial charge in [0.1, 0.15) is 5.69 Å². The van der Waals surface area contributed by atoms with Crippen LogP contribution < -0.4 is 5.56 Å². The first-order valence-electron chi connectivity index (χ1n) is 10.9. The van der Waals surface area contributed by atoms with E-state index in [-0.39, 0.29) is 5.56 Å². The summed E-state index contributed by atoms with van der Waals surface area (Å²) in [7, 11) is 0. The molecule has 0 N–H and O–H groups in total. The smallest absolute Gasteiger partial charge is 0.267 e. The number of aromatic nitrogens is 7. The van der Waals surface area contributed by atoms with Crippen molar-refractivity contribution >= 4 is 28.4 Å². The average Bonchev–Trinajstić information content (AvgIpc) is 3.52. The predicted molar refractivity (Wildman–Crippen MR) is 133 cm³/mol. The maximum absolute atomic E-state index is 13.5. The molecule has 0 aliphatic carbocycles. The summed E-state index contributed by atoms with van der Waals surface area (Å²) in [5.74, 6) is 1.71. The first-order valence-corrected chi connectivity index (χ1v) is 11.9. The Labute approximate surface area is 203 Å². The number of rotatable bonds is 5. The minimum absolute atomic E-state index is 0.138. The molecule has 0 bridgehead atoms. The minimum atomic E-state index is -0.138. The Morgan fingerprint density at radius 3 is 2.69 bits per heavy atom. The van der Waals surface area contributed by atoms with Crippen molar-refractivity contribution in [3.05, 3.63) is 94.2 Å². The number of benzene rings is 2. The molecule has 0 aliphatic rings. The maximum Gasteiger partial charge on any atom is 0.267 e. The minimum Gasteiger partial charge on any atom is -0.338 e. The predicted octanol–water partition coefficient (Wildman–Crippen LogP) is 4.39. The number of thioether (sulfide) groups is 1. The van der Waals surface area contributed by atoms with Gasteiger partial charge in [-0.25, -0.2) is 4.57 Å². The first kappa shape index (κ1) is 21.2. The summed E-state index contributed by atoms with van der Waals surface area (Å²) in [6, 6.07) is 19.0. The van der Waals surface area contributed by atoms with Crippen molar-refractivity contribution in [2.75, 3.05) is 0 Å². The average molecular weight is 482 g/mol. The number of para-hydroxylation sites is 1. The van der Waals surface area contributed by atoms with Crippen molar-refractivity contribution < 1.29 is 4.52 Å². The van der Waals surface area contributed by atoms with E-state index in [4.69, 9.17) is 4.52 Å². The summed E-state index contributed by atoms with van der Waals surface area (Å²) in [4.78, 5) is 22.2. The van der Waals surface area contributed by atoms with E-state index < -0.39 is 0 Å². The zero-order valence-electron chi connectivity index (χ0n) is 18.9. The van der Waals surface area contributed by atoms with Crippen LogP contribution in [0.5, 0.6) is 0 Å². The third-order valence-corrected chi connectivity index (χ3v) is 6.59. The van der Waals surface area contributed by atoms with Crippen LogP contribution in [0.25, 0.3) is 33.9 Å². The van der Waals surface area contributed by atoms with Gasteiger partial charge in [-0.15, -0.1) is 10.2 Å². The van der Waals surface area contributed by atoms with Gasteiger partial charge in [0, 0.05) is 6.20 Å².